The maximum absolute atomic E-state index is 13.0. The number of rotatable bonds is 5. The summed E-state index contributed by atoms with van der Waals surface area (Å²) in [6.07, 6.45) is -2.71. The molecule has 0 unspecified atom stereocenters. The lowest BCUT2D eigenvalue weighted by atomic mass is 10.1. The second-order valence-corrected chi connectivity index (χ2v) is 7.31. The van der Waals surface area contributed by atoms with E-state index >= 15 is 0 Å². The van der Waals surface area contributed by atoms with Gasteiger partial charge in [-0.1, -0.05) is 0 Å². The van der Waals surface area contributed by atoms with Crippen LogP contribution in [0.1, 0.15) is 33.0 Å². The minimum atomic E-state index is -2.71. The Morgan fingerprint density at radius 1 is 0.969 bits per heavy atom. The van der Waals surface area contributed by atoms with Crippen molar-refractivity contribution >= 4 is 22.8 Å². The molecule has 2 aromatic carbocycles. The zero-order chi connectivity index (χ0) is 22.8. The molecule has 8 nitrogen and oxygen atoms in total. The third-order valence-corrected chi connectivity index (χ3v) is 5.45. The first-order chi connectivity index (χ1) is 15.4. The first kappa shape index (κ1) is 21.5. The molecule has 32 heavy (non-hydrogen) atoms. The van der Waals surface area contributed by atoms with E-state index in [9.17, 15) is 18.4 Å². The SMILES string of the molecule is COc1ccc(C(=O)N2CCN(C(=O)c3ccc4nc(C(F)F)[nH]c4c3)CC2)c(OC)c1. The second-order valence-electron chi connectivity index (χ2n) is 7.31. The van der Waals surface area contributed by atoms with Crippen LogP contribution in [-0.2, 0) is 0 Å². The molecule has 1 aromatic heterocycles. The van der Waals surface area contributed by atoms with Crippen LogP contribution in [0.3, 0.4) is 0 Å². The maximum atomic E-state index is 13.0. The molecule has 4 rings (SSSR count). The summed E-state index contributed by atoms with van der Waals surface area (Å²) in [5, 5.41) is 0. The Bertz CT molecular complexity index is 1160. The van der Waals surface area contributed by atoms with Crippen molar-refractivity contribution < 1.29 is 27.8 Å². The number of ether oxygens (including phenoxy) is 2. The van der Waals surface area contributed by atoms with Crippen LogP contribution < -0.4 is 9.47 Å². The summed E-state index contributed by atoms with van der Waals surface area (Å²) in [6, 6.07) is 9.64. The van der Waals surface area contributed by atoms with Gasteiger partial charge in [-0.15, -0.1) is 0 Å². The van der Waals surface area contributed by atoms with Crippen molar-refractivity contribution in [3.05, 3.63) is 53.3 Å². The Morgan fingerprint density at radius 3 is 2.28 bits per heavy atom. The topological polar surface area (TPSA) is 87.8 Å². The van der Waals surface area contributed by atoms with Crippen molar-refractivity contribution in [2.45, 2.75) is 6.43 Å². The Morgan fingerprint density at radius 2 is 1.66 bits per heavy atom. The smallest absolute Gasteiger partial charge is 0.295 e. The molecule has 3 aromatic rings. The number of alkyl halides is 2. The van der Waals surface area contributed by atoms with Gasteiger partial charge in [0.15, 0.2) is 5.82 Å². The molecule has 0 atom stereocenters. The molecule has 2 heterocycles. The Labute approximate surface area is 182 Å². The van der Waals surface area contributed by atoms with Crippen LogP contribution in [-0.4, -0.2) is 72.0 Å². The van der Waals surface area contributed by atoms with Crippen molar-refractivity contribution in [3.8, 4) is 11.5 Å². The van der Waals surface area contributed by atoms with Gasteiger partial charge in [-0.3, -0.25) is 9.59 Å². The van der Waals surface area contributed by atoms with Crippen LogP contribution in [0, 0.1) is 0 Å². The lowest BCUT2D eigenvalue weighted by Gasteiger charge is -2.35. The summed E-state index contributed by atoms with van der Waals surface area (Å²) in [4.78, 5) is 35.5. The number of hydrogen-bond donors (Lipinski definition) is 1. The van der Waals surface area contributed by atoms with E-state index in [1.165, 1.54) is 20.3 Å². The second kappa shape index (κ2) is 8.81. The average Bonchev–Trinajstić information content (AvgIpc) is 3.26. The molecule has 1 saturated heterocycles. The fourth-order valence-corrected chi connectivity index (χ4v) is 3.71. The zero-order valence-electron chi connectivity index (χ0n) is 17.6. The van der Waals surface area contributed by atoms with E-state index in [-0.39, 0.29) is 11.8 Å². The minimum absolute atomic E-state index is 0.185. The number of methoxy groups -OCH3 is 2. The van der Waals surface area contributed by atoms with Gasteiger partial charge in [0, 0.05) is 37.8 Å². The number of benzene rings is 2. The highest BCUT2D eigenvalue weighted by Crippen LogP contribution is 2.26. The van der Waals surface area contributed by atoms with Gasteiger partial charge in [0.25, 0.3) is 18.2 Å². The molecular weight excluding hydrogens is 422 g/mol. The summed E-state index contributed by atoms with van der Waals surface area (Å²) in [5.74, 6) is 0.169. The summed E-state index contributed by atoms with van der Waals surface area (Å²) in [7, 11) is 3.03. The Kier molecular flexibility index (Phi) is 5.93. The third-order valence-electron chi connectivity index (χ3n) is 5.45. The molecule has 0 aliphatic carbocycles. The van der Waals surface area contributed by atoms with Crippen LogP contribution in [0.5, 0.6) is 11.5 Å². The monoisotopic (exact) mass is 444 g/mol. The van der Waals surface area contributed by atoms with Gasteiger partial charge in [0.05, 0.1) is 30.8 Å². The summed E-state index contributed by atoms with van der Waals surface area (Å²) >= 11 is 0. The highest BCUT2D eigenvalue weighted by Gasteiger charge is 2.27. The molecule has 0 saturated carbocycles. The fraction of sp³-hybridized carbons (Fsp3) is 0.318. The Balaban J connectivity index is 1.44. The van der Waals surface area contributed by atoms with Gasteiger partial charge in [-0.05, 0) is 30.3 Å². The lowest BCUT2D eigenvalue weighted by Crippen LogP contribution is -2.50. The number of aromatic nitrogens is 2. The van der Waals surface area contributed by atoms with Crippen LogP contribution in [0.25, 0.3) is 11.0 Å². The number of H-pyrrole nitrogens is 1. The highest BCUT2D eigenvalue weighted by molar-refractivity contribution is 5.99. The number of piperazine rings is 1. The number of aromatic amines is 1. The largest absolute Gasteiger partial charge is 0.497 e. The molecule has 168 valence electrons. The summed E-state index contributed by atoms with van der Waals surface area (Å²) in [5.41, 5.74) is 1.55. The predicted octanol–water partition coefficient (Wildman–Crippen LogP) is 3.12. The number of halogens is 2. The van der Waals surface area contributed by atoms with Crippen LogP contribution in [0.15, 0.2) is 36.4 Å². The van der Waals surface area contributed by atoms with Crippen molar-refractivity contribution in [2.24, 2.45) is 0 Å². The van der Waals surface area contributed by atoms with Gasteiger partial charge >= 0.3 is 0 Å². The van der Waals surface area contributed by atoms with E-state index in [2.05, 4.69) is 9.97 Å². The van der Waals surface area contributed by atoms with Crippen molar-refractivity contribution in [1.82, 2.24) is 19.8 Å². The van der Waals surface area contributed by atoms with E-state index in [0.717, 1.165) is 0 Å². The zero-order valence-corrected chi connectivity index (χ0v) is 17.6. The number of carbonyl (C=O) groups excluding carboxylic acids is 2. The van der Waals surface area contributed by atoms with E-state index in [1.807, 2.05) is 0 Å². The van der Waals surface area contributed by atoms with Crippen molar-refractivity contribution in [3.63, 3.8) is 0 Å². The number of hydrogen-bond acceptors (Lipinski definition) is 5. The standard InChI is InChI=1S/C22H22F2N4O4/c1-31-14-4-5-15(18(12-14)32-2)22(30)28-9-7-27(8-10-28)21(29)13-3-6-16-17(11-13)26-20(25-16)19(23)24/h3-6,11-12,19H,7-10H2,1-2H3,(H,25,26). The lowest BCUT2D eigenvalue weighted by molar-refractivity contribution is 0.0533. The molecular formula is C22H22F2N4O4. The van der Waals surface area contributed by atoms with E-state index in [4.69, 9.17) is 9.47 Å². The van der Waals surface area contributed by atoms with Crippen LogP contribution in [0.2, 0.25) is 0 Å². The van der Waals surface area contributed by atoms with E-state index < -0.39 is 12.2 Å². The first-order valence-electron chi connectivity index (χ1n) is 9.99. The van der Waals surface area contributed by atoms with E-state index in [0.29, 0.717) is 59.8 Å². The first-order valence-corrected chi connectivity index (χ1v) is 9.99. The van der Waals surface area contributed by atoms with Crippen LogP contribution >= 0.6 is 0 Å². The molecule has 0 bridgehead atoms. The predicted molar refractivity (Wildman–Crippen MR) is 112 cm³/mol. The fourth-order valence-electron chi connectivity index (χ4n) is 3.71. The van der Waals surface area contributed by atoms with E-state index in [1.54, 1.807) is 40.1 Å². The molecule has 0 spiro atoms. The van der Waals surface area contributed by atoms with Gasteiger partial charge < -0.3 is 24.3 Å². The quantitative estimate of drug-likeness (QED) is 0.654. The number of fused-ring (bicyclic) bond motifs is 1. The van der Waals surface area contributed by atoms with Crippen molar-refractivity contribution in [2.75, 3.05) is 40.4 Å². The average molecular weight is 444 g/mol. The van der Waals surface area contributed by atoms with Gasteiger partial charge in [-0.2, -0.15) is 0 Å². The molecule has 0 radical (unpaired) electrons. The Hall–Kier alpha value is -3.69. The highest BCUT2D eigenvalue weighted by atomic mass is 19.3. The third kappa shape index (κ3) is 4.08. The van der Waals surface area contributed by atoms with Gasteiger partial charge in [-0.25, -0.2) is 13.8 Å². The molecule has 1 fully saturated rings. The van der Waals surface area contributed by atoms with Gasteiger partial charge in [0.1, 0.15) is 11.5 Å². The molecule has 1 N–H and O–H groups in total. The molecule has 1 aliphatic rings. The number of nitrogens with one attached hydrogen (secondary N) is 1. The molecule has 1 aliphatic heterocycles. The summed E-state index contributed by atoms with van der Waals surface area (Å²) < 4.78 is 36.2. The van der Waals surface area contributed by atoms with Crippen molar-refractivity contribution in [1.29, 1.82) is 0 Å². The molecule has 2 amide bonds. The number of imidazole rings is 1. The number of nitrogens with zero attached hydrogens (tertiary/aromatic N) is 3. The van der Waals surface area contributed by atoms with Gasteiger partial charge in [0.2, 0.25) is 0 Å². The normalized spacial score (nSPS) is 14.2. The molecule has 10 heteroatoms. The van der Waals surface area contributed by atoms with Crippen LogP contribution in [0.4, 0.5) is 8.78 Å². The minimum Gasteiger partial charge on any atom is -0.497 e. The number of carbonyl (C=O) groups is 2. The number of amides is 2. The summed E-state index contributed by atoms with van der Waals surface area (Å²) in [6.45, 7) is 1.43. The maximum Gasteiger partial charge on any atom is 0.295 e.